The molecule has 0 spiro atoms. The molecule has 0 aliphatic heterocycles. The van der Waals surface area contributed by atoms with E-state index in [1.165, 1.54) is 22.2 Å². The summed E-state index contributed by atoms with van der Waals surface area (Å²) >= 11 is 3.04. The number of thiophene rings is 1. The third kappa shape index (κ3) is 3.89. The molecule has 1 unspecified atom stereocenters. The predicted molar refractivity (Wildman–Crippen MR) is 129 cm³/mol. The van der Waals surface area contributed by atoms with Gasteiger partial charge < -0.3 is 9.72 Å². The lowest BCUT2D eigenvalue weighted by Gasteiger charge is -2.17. The normalized spacial score (nSPS) is 16.0. The molecule has 32 heavy (non-hydrogen) atoms. The molecule has 1 aliphatic rings. The minimum absolute atomic E-state index is 0.0686. The second kappa shape index (κ2) is 8.80. The number of aromatic amines is 1. The molecule has 166 valence electrons. The van der Waals surface area contributed by atoms with Crippen molar-refractivity contribution in [2.75, 3.05) is 13.7 Å². The number of thioether (sulfide) groups is 1. The second-order valence-corrected chi connectivity index (χ2v) is 10.2. The van der Waals surface area contributed by atoms with Crippen molar-refractivity contribution in [2.24, 2.45) is 5.92 Å². The number of rotatable bonds is 6. The van der Waals surface area contributed by atoms with Crippen molar-refractivity contribution in [3.8, 4) is 0 Å². The van der Waals surface area contributed by atoms with Gasteiger partial charge in [-0.3, -0.25) is 14.2 Å². The maximum absolute atomic E-state index is 13.0. The van der Waals surface area contributed by atoms with Gasteiger partial charge in [-0.2, -0.15) is 0 Å². The summed E-state index contributed by atoms with van der Waals surface area (Å²) in [6, 6.07) is 7.33. The Hall–Kier alpha value is -2.49. The zero-order chi connectivity index (χ0) is 22.2. The molecular weight excluding hydrogens is 444 g/mol. The number of benzene rings is 1. The van der Waals surface area contributed by atoms with Crippen LogP contribution in [0.5, 0.6) is 0 Å². The smallest absolute Gasteiger partial charge is 0.262 e. The molecule has 0 amide bonds. The second-order valence-electron chi connectivity index (χ2n) is 8.19. The third-order valence-electron chi connectivity index (χ3n) is 5.90. The van der Waals surface area contributed by atoms with Crippen LogP contribution in [0, 0.1) is 5.92 Å². The van der Waals surface area contributed by atoms with Crippen LogP contribution in [0.4, 0.5) is 0 Å². The van der Waals surface area contributed by atoms with Gasteiger partial charge in [0.1, 0.15) is 10.7 Å². The molecule has 5 rings (SSSR count). The van der Waals surface area contributed by atoms with Gasteiger partial charge in [0.15, 0.2) is 5.16 Å². The molecule has 0 radical (unpaired) electrons. The lowest BCUT2D eigenvalue weighted by atomic mass is 9.89. The van der Waals surface area contributed by atoms with Crippen LogP contribution in [0.2, 0.25) is 0 Å². The molecule has 1 N–H and O–H groups in total. The van der Waals surface area contributed by atoms with Gasteiger partial charge in [-0.1, -0.05) is 30.8 Å². The molecule has 0 bridgehead atoms. The van der Waals surface area contributed by atoms with Gasteiger partial charge in [0, 0.05) is 12.0 Å². The molecule has 1 aromatic carbocycles. The number of methoxy groups -OCH3 is 1. The summed E-state index contributed by atoms with van der Waals surface area (Å²) in [6.07, 6.45) is 3.08. The molecule has 9 heteroatoms. The van der Waals surface area contributed by atoms with Crippen LogP contribution in [-0.4, -0.2) is 33.2 Å². The molecule has 3 heterocycles. The van der Waals surface area contributed by atoms with Crippen molar-refractivity contribution in [3.05, 3.63) is 61.2 Å². The Bertz CT molecular complexity index is 1420. The molecule has 1 aliphatic carbocycles. The number of H-pyrrole nitrogens is 1. The van der Waals surface area contributed by atoms with Crippen LogP contribution < -0.4 is 11.1 Å². The molecule has 4 aromatic rings. The average molecular weight is 469 g/mol. The number of nitrogens with zero attached hydrogens (tertiary/aromatic N) is 3. The first-order chi connectivity index (χ1) is 15.5. The predicted octanol–water partition coefficient (Wildman–Crippen LogP) is 3.76. The lowest BCUT2D eigenvalue weighted by Crippen LogP contribution is -2.25. The van der Waals surface area contributed by atoms with Crippen molar-refractivity contribution < 1.29 is 4.74 Å². The summed E-state index contributed by atoms with van der Waals surface area (Å²) in [6.45, 7) is 3.08. The van der Waals surface area contributed by atoms with E-state index in [4.69, 9.17) is 14.7 Å². The third-order valence-corrected chi connectivity index (χ3v) is 8.03. The van der Waals surface area contributed by atoms with Gasteiger partial charge in [-0.15, -0.1) is 11.3 Å². The van der Waals surface area contributed by atoms with Crippen molar-refractivity contribution in [2.45, 2.75) is 43.6 Å². The highest BCUT2D eigenvalue weighted by atomic mass is 32.2. The first-order valence-electron chi connectivity index (χ1n) is 10.7. The van der Waals surface area contributed by atoms with E-state index in [1.807, 2.05) is 18.2 Å². The zero-order valence-electron chi connectivity index (χ0n) is 18.0. The summed E-state index contributed by atoms with van der Waals surface area (Å²) in [5.41, 5.74) is 1.68. The Morgan fingerprint density at radius 2 is 2.12 bits per heavy atom. The molecule has 7 nitrogen and oxygen atoms in total. The molecule has 0 saturated heterocycles. The minimum atomic E-state index is -0.0906. The van der Waals surface area contributed by atoms with Crippen LogP contribution >= 0.6 is 23.1 Å². The molecular formula is C23H24N4O3S2. The number of ether oxygens (including phenoxy) is 1. The average Bonchev–Trinajstić information content (AvgIpc) is 3.15. The van der Waals surface area contributed by atoms with Gasteiger partial charge in [-0.05, 0) is 42.9 Å². The van der Waals surface area contributed by atoms with Gasteiger partial charge in [0.25, 0.3) is 11.1 Å². The number of aryl methyl sites for hydroxylation is 1. The largest absolute Gasteiger partial charge is 0.383 e. The van der Waals surface area contributed by atoms with E-state index in [0.717, 1.165) is 29.5 Å². The Kier molecular flexibility index (Phi) is 5.88. The van der Waals surface area contributed by atoms with Crippen LogP contribution in [0.25, 0.3) is 21.1 Å². The Morgan fingerprint density at radius 1 is 1.28 bits per heavy atom. The Balaban J connectivity index is 1.49. The van der Waals surface area contributed by atoms with E-state index < -0.39 is 0 Å². The summed E-state index contributed by atoms with van der Waals surface area (Å²) in [4.78, 5) is 40.4. The van der Waals surface area contributed by atoms with Crippen molar-refractivity contribution in [3.63, 3.8) is 0 Å². The summed E-state index contributed by atoms with van der Waals surface area (Å²) < 4.78 is 6.82. The van der Waals surface area contributed by atoms with Crippen LogP contribution in [0.3, 0.4) is 0 Å². The van der Waals surface area contributed by atoms with E-state index >= 15 is 0 Å². The number of aromatic nitrogens is 4. The quantitative estimate of drug-likeness (QED) is 0.342. The first-order valence-corrected chi connectivity index (χ1v) is 12.5. The molecule has 0 saturated carbocycles. The first kappa shape index (κ1) is 21.4. The van der Waals surface area contributed by atoms with Crippen molar-refractivity contribution in [1.82, 2.24) is 19.5 Å². The van der Waals surface area contributed by atoms with Crippen molar-refractivity contribution in [1.29, 1.82) is 0 Å². The van der Waals surface area contributed by atoms with Crippen molar-refractivity contribution >= 4 is 44.2 Å². The molecule has 3 aromatic heterocycles. The zero-order valence-corrected chi connectivity index (χ0v) is 19.6. The fraction of sp³-hybridized carbons (Fsp3) is 0.391. The highest BCUT2D eigenvalue weighted by Crippen LogP contribution is 2.35. The maximum atomic E-state index is 13.0. The van der Waals surface area contributed by atoms with E-state index in [9.17, 15) is 9.59 Å². The van der Waals surface area contributed by atoms with E-state index in [1.54, 1.807) is 29.1 Å². The van der Waals surface area contributed by atoms with Gasteiger partial charge in [0.05, 0.1) is 35.2 Å². The Morgan fingerprint density at radius 3 is 2.97 bits per heavy atom. The maximum Gasteiger partial charge on any atom is 0.262 e. The van der Waals surface area contributed by atoms with Gasteiger partial charge in [-0.25, -0.2) is 9.97 Å². The van der Waals surface area contributed by atoms with Gasteiger partial charge in [0.2, 0.25) is 0 Å². The van der Waals surface area contributed by atoms with E-state index in [2.05, 4.69) is 11.9 Å². The topological polar surface area (TPSA) is 89.9 Å². The lowest BCUT2D eigenvalue weighted by molar-refractivity contribution is 0.183. The number of para-hydroxylation sites is 1. The standard InChI is InChI=1S/C23H24N4O3S2/c1-13-7-8-15-17(11-13)32-21-19(15)20(28)25-18(26-21)12-31-23-24-16-6-4-3-5-14(16)22(29)27(23)9-10-30-2/h3-6,13H,7-12H2,1-2H3,(H,25,26,28). The highest BCUT2D eigenvalue weighted by molar-refractivity contribution is 7.98. The fourth-order valence-corrected chi connectivity index (χ4v) is 6.53. The fourth-order valence-electron chi connectivity index (χ4n) is 4.23. The number of fused-ring (bicyclic) bond motifs is 4. The van der Waals surface area contributed by atoms with E-state index in [-0.39, 0.29) is 11.1 Å². The summed E-state index contributed by atoms with van der Waals surface area (Å²) in [7, 11) is 1.61. The van der Waals surface area contributed by atoms with E-state index in [0.29, 0.717) is 46.7 Å². The molecule has 0 fully saturated rings. The minimum Gasteiger partial charge on any atom is -0.383 e. The number of hydrogen-bond donors (Lipinski definition) is 1. The monoisotopic (exact) mass is 468 g/mol. The van der Waals surface area contributed by atoms with Crippen LogP contribution in [0.15, 0.2) is 39.0 Å². The van der Waals surface area contributed by atoms with Crippen LogP contribution in [-0.2, 0) is 29.9 Å². The SMILES string of the molecule is COCCn1c(SCc2nc3sc4c(c3c(=O)[nH]2)CCC(C)C4)nc2ccccc2c1=O. The number of hydrogen-bond acceptors (Lipinski definition) is 7. The van der Waals surface area contributed by atoms with Gasteiger partial charge >= 0.3 is 0 Å². The summed E-state index contributed by atoms with van der Waals surface area (Å²) in [5, 5.41) is 1.93. The highest BCUT2D eigenvalue weighted by Gasteiger charge is 2.23. The number of nitrogens with one attached hydrogen (secondary N) is 1. The Labute approximate surface area is 192 Å². The summed E-state index contributed by atoms with van der Waals surface area (Å²) in [5.74, 6) is 1.66. The molecule has 1 atom stereocenters. The van der Waals surface area contributed by atoms with Crippen LogP contribution in [0.1, 0.15) is 29.6 Å².